The molecule has 31 heavy (non-hydrogen) atoms. The standard InChI is InChI=1S/C20H11ClN2O5S3/c21-13-8-10(3-5-12(13)19(26)27)14-6-4-11(28-14)9-16-18(25)23(20(29)31-16)22-17(24)15-2-1-7-30-15/h1-9H,(H,22,24)(H,26,27)/b16-9-. The summed E-state index contributed by atoms with van der Waals surface area (Å²) in [5.41, 5.74) is 3.09. The summed E-state index contributed by atoms with van der Waals surface area (Å²) in [6, 6.07) is 11.2. The number of hydrazine groups is 1. The van der Waals surface area contributed by atoms with Crippen molar-refractivity contribution in [1.82, 2.24) is 10.4 Å². The molecule has 1 aliphatic rings. The SMILES string of the molecule is O=C(NN1C(=O)/C(=C/c2ccc(-c3ccc(C(=O)O)c(Cl)c3)o2)SC1=S)c1cccs1. The van der Waals surface area contributed by atoms with Crippen LogP contribution in [0.25, 0.3) is 17.4 Å². The van der Waals surface area contributed by atoms with Crippen molar-refractivity contribution in [2.75, 3.05) is 0 Å². The topological polar surface area (TPSA) is 99.9 Å². The highest BCUT2D eigenvalue weighted by atomic mass is 35.5. The van der Waals surface area contributed by atoms with Crippen LogP contribution in [0.4, 0.5) is 0 Å². The highest BCUT2D eigenvalue weighted by Crippen LogP contribution is 2.33. The largest absolute Gasteiger partial charge is 0.478 e. The first-order valence-corrected chi connectivity index (χ1v) is 11.1. The number of rotatable bonds is 5. The van der Waals surface area contributed by atoms with Gasteiger partial charge in [0.2, 0.25) is 0 Å². The molecule has 1 aromatic carbocycles. The Morgan fingerprint density at radius 3 is 2.71 bits per heavy atom. The zero-order valence-electron chi connectivity index (χ0n) is 15.3. The summed E-state index contributed by atoms with van der Waals surface area (Å²) in [5.74, 6) is -1.17. The van der Waals surface area contributed by atoms with Gasteiger partial charge in [-0.1, -0.05) is 35.5 Å². The molecular weight excluding hydrogens is 480 g/mol. The molecule has 3 aromatic rings. The van der Waals surface area contributed by atoms with E-state index in [1.165, 1.54) is 29.5 Å². The minimum Gasteiger partial charge on any atom is -0.478 e. The highest BCUT2D eigenvalue weighted by molar-refractivity contribution is 8.26. The Labute approximate surface area is 194 Å². The number of thiophene rings is 1. The number of amides is 2. The van der Waals surface area contributed by atoms with Crippen LogP contribution >= 0.6 is 46.9 Å². The number of nitrogens with one attached hydrogen (secondary N) is 1. The molecule has 0 spiro atoms. The summed E-state index contributed by atoms with van der Waals surface area (Å²) >= 11 is 13.5. The second-order valence-electron chi connectivity index (χ2n) is 6.14. The van der Waals surface area contributed by atoms with Gasteiger partial charge in [-0.15, -0.1) is 11.3 Å². The van der Waals surface area contributed by atoms with Gasteiger partial charge in [0.15, 0.2) is 4.32 Å². The monoisotopic (exact) mass is 490 g/mol. The van der Waals surface area contributed by atoms with Crippen LogP contribution in [-0.2, 0) is 4.79 Å². The molecule has 0 bridgehead atoms. The zero-order chi connectivity index (χ0) is 22.1. The van der Waals surface area contributed by atoms with Crippen LogP contribution in [0.5, 0.6) is 0 Å². The molecule has 2 aromatic heterocycles. The van der Waals surface area contributed by atoms with E-state index in [1.807, 2.05) is 0 Å². The number of hydrogen-bond acceptors (Lipinski definition) is 7. The first-order valence-electron chi connectivity index (χ1n) is 8.59. The number of carbonyl (C=O) groups excluding carboxylic acids is 2. The Hall–Kier alpha value is -2.92. The van der Waals surface area contributed by atoms with Gasteiger partial charge in [-0.2, -0.15) is 5.01 Å². The fraction of sp³-hybridized carbons (Fsp3) is 0. The van der Waals surface area contributed by atoms with Gasteiger partial charge in [-0.25, -0.2) is 4.79 Å². The van der Waals surface area contributed by atoms with E-state index in [-0.39, 0.29) is 19.8 Å². The normalized spacial score (nSPS) is 15.0. The van der Waals surface area contributed by atoms with E-state index >= 15 is 0 Å². The van der Waals surface area contributed by atoms with Crippen molar-refractivity contribution in [2.45, 2.75) is 0 Å². The van der Waals surface area contributed by atoms with Crippen LogP contribution in [-0.4, -0.2) is 32.2 Å². The average molecular weight is 491 g/mol. The highest BCUT2D eigenvalue weighted by Gasteiger charge is 2.34. The number of aromatic carboxylic acids is 1. The molecule has 0 unspecified atom stereocenters. The predicted molar refractivity (Wildman–Crippen MR) is 123 cm³/mol. The Kier molecular flexibility index (Phi) is 5.96. The van der Waals surface area contributed by atoms with Crippen LogP contribution in [0.3, 0.4) is 0 Å². The Balaban J connectivity index is 1.52. The first kappa shape index (κ1) is 21.3. The summed E-state index contributed by atoms with van der Waals surface area (Å²) in [4.78, 5) is 36.7. The number of hydrogen-bond donors (Lipinski definition) is 2. The molecule has 4 rings (SSSR count). The molecule has 2 amide bonds. The molecule has 1 fully saturated rings. The van der Waals surface area contributed by atoms with E-state index in [4.69, 9.17) is 33.3 Å². The molecule has 1 saturated heterocycles. The lowest BCUT2D eigenvalue weighted by Crippen LogP contribution is -2.44. The fourth-order valence-electron chi connectivity index (χ4n) is 2.69. The summed E-state index contributed by atoms with van der Waals surface area (Å²) in [7, 11) is 0. The first-order chi connectivity index (χ1) is 14.8. The maximum atomic E-state index is 12.7. The van der Waals surface area contributed by atoms with Crippen LogP contribution in [0.1, 0.15) is 25.8 Å². The maximum absolute atomic E-state index is 12.7. The summed E-state index contributed by atoms with van der Waals surface area (Å²) in [6.45, 7) is 0. The molecule has 11 heteroatoms. The van der Waals surface area contributed by atoms with Crippen molar-refractivity contribution in [3.05, 3.63) is 74.0 Å². The fourth-order valence-corrected chi connectivity index (χ4v) is 4.72. The second kappa shape index (κ2) is 8.67. The molecule has 0 aliphatic carbocycles. The van der Waals surface area contributed by atoms with Gasteiger partial charge >= 0.3 is 5.97 Å². The molecule has 156 valence electrons. The van der Waals surface area contributed by atoms with E-state index in [0.29, 0.717) is 22.0 Å². The summed E-state index contributed by atoms with van der Waals surface area (Å²) < 4.78 is 5.95. The lowest BCUT2D eigenvalue weighted by atomic mass is 10.1. The van der Waals surface area contributed by atoms with Crippen molar-refractivity contribution in [1.29, 1.82) is 0 Å². The quantitative estimate of drug-likeness (QED) is 0.387. The van der Waals surface area contributed by atoms with Crippen LogP contribution in [0.2, 0.25) is 5.02 Å². The number of halogens is 1. The van der Waals surface area contributed by atoms with Gasteiger partial charge in [0.1, 0.15) is 11.5 Å². The Bertz CT molecular complexity index is 1250. The lowest BCUT2D eigenvalue weighted by molar-refractivity contribution is -0.123. The van der Waals surface area contributed by atoms with Crippen LogP contribution in [0, 0.1) is 0 Å². The number of carbonyl (C=O) groups is 3. The van der Waals surface area contributed by atoms with Gasteiger partial charge in [-0.3, -0.25) is 15.0 Å². The number of carboxylic acids is 1. The van der Waals surface area contributed by atoms with E-state index in [0.717, 1.165) is 16.8 Å². The van der Waals surface area contributed by atoms with Gasteiger partial charge in [-0.05, 0) is 47.9 Å². The average Bonchev–Trinajstić information content (AvgIpc) is 3.46. The van der Waals surface area contributed by atoms with E-state index < -0.39 is 17.8 Å². The van der Waals surface area contributed by atoms with E-state index in [9.17, 15) is 14.4 Å². The van der Waals surface area contributed by atoms with Gasteiger partial charge in [0, 0.05) is 11.6 Å². The number of furan rings is 1. The molecule has 2 N–H and O–H groups in total. The minimum absolute atomic E-state index is 0.00883. The number of thioether (sulfide) groups is 1. The number of benzene rings is 1. The predicted octanol–water partition coefficient (Wildman–Crippen LogP) is 4.91. The number of carboxylic acid groups (broad SMARTS) is 1. The Morgan fingerprint density at radius 1 is 1.23 bits per heavy atom. The molecule has 0 atom stereocenters. The van der Waals surface area contributed by atoms with Crippen molar-refractivity contribution >= 4 is 75.1 Å². The molecule has 0 radical (unpaired) electrons. The molecule has 7 nitrogen and oxygen atoms in total. The smallest absolute Gasteiger partial charge is 0.337 e. The van der Waals surface area contributed by atoms with Gasteiger partial charge in [0.05, 0.1) is 20.4 Å². The van der Waals surface area contributed by atoms with Crippen molar-refractivity contribution < 1.29 is 23.9 Å². The third-order valence-electron chi connectivity index (χ3n) is 4.14. The van der Waals surface area contributed by atoms with Crippen molar-refractivity contribution in [2.24, 2.45) is 0 Å². The molecule has 0 saturated carbocycles. The second-order valence-corrected chi connectivity index (χ2v) is 9.17. The summed E-state index contributed by atoms with van der Waals surface area (Å²) in [6.07, 6.45) is 1.52. The van der Waals surface area contributed by atoms with Crippen molar-refractivity contribution in [3.8, 4) is 11.3 Å². The van der Waals surface area contributed by atoms with Crippen LogP contribution < -0.4 is 5.43 Å². The summed E-state index contributed by atoms with van der Waals surface area (Å²) in [5, 5.41) is 12.0. The minimum atomic E-state index is -1.12. The van der Waals surface area contributed by atoms with Crippen LogP contribution in [0.15, 0.2) is 57.2 Å². The number of nitrogens with zero attached hydrogens (tertiary/aromatic N) is 1. The zero-order valence-corrected chi connectivity index (χ0v) is 18.5. The lowest BCUT2D eigenvalue weighted by Gasteiger charge is -2.14. The molecule has 1 aliphatic heterocycles. The molecular formula is C20H11ClN2O5S3. The Morgan fingerprint density at radius 2 is 2.03 bits per heavy atom. The third kappa shape index (κ3) is 4.42. The molecule has 3 heterocycles. The maximum Gasteiger partial charge on any atom is 0.337 e. The van der Waals surface area contributed by atoms with Gasteiger partial charge in [0.25, 0.3) is 11.8 Å². The number of thiocarbonyl (C=S) groups is 1. The van der Waals surface area contributed by atoms with E-state index in [1.54, 1.807) is 35.7 Å². The van der Waals surface area contributed by atoms with E-state index in [2.05, 4.69) is 5.43 Å². The van der Waals surface area contributed by atoms with Crippen molar-refractivity contribution in [3.63, 3.8) is 0 Å². The van der Waals surface area contributed by atoms with Gasteiger partial charge < -0.3 is 9.52 Å². The third-order valence-corrected chi connectivity index (χ3v) is 6.62.